The summed E-state index contributed by atoms with van der Waals surface area (Å²) in [6.07, 6.45) is 4.44. The minimum Gasteiger partial charge on any atom is -0.493 e. The van der Waals surface area contributed by atoms with Crippen molar-refractivity contribution in [1.82, 2.24) is 20.3 Å². The Labute approximate surface area is 138 Å². The number of hydrogen-bond donors (Lipinski definition) is 1. The van der Waals surface area contributed by atoms with Gasteiger partial charge in [0.1, 0.15) is 5.75 Å². The lowest BCUT2D eigenvalue weighted by Crippen LogP contribution is -2.26. The Hall–Kier alpha value is -2.31. The average molecular weight is 324 g/mol. The molecule has 0 aliphatic carbocycles. The van der Waals surface area contributed by atoms with E-state index in [1.165, 1.54) is 5.56 Å². The first-order valence-corrected chi connectivity index (χ1v) is 8.45. The molecule has 3 aromatic rings. The third-order valence-corrected chi connectivity index (χ3v) is 4.68. The van der Waals surface area contributed by atoms with Crippen molar-refractivity contribution in [2.24, 2.45) is 0 Å². The summed E-state index contributed by atoms with van der Waals surface area (Å²) in [5.74, 6) is 1.66. The number of benzene rings is 1. The van der Waals surface area contributed by atoms with Gasteiger partial charge < -0.3 is 10.1 Å². The van der Waals surface area contributed by atoms with Crippen LogP contribution in [0.2, 0.25) is 0 Å². The molecule has 0 saturated carbocycles. The molecule has 6 heteroatoms. The van der Waals surface area contributed by atoms with Crippen molar-refractivity contribution in [3.63, 3.8) is 0 Å². The quantitative estimate of drug-likeness (QED) is 0.798. The zero-order valence-corrected chi connectivity index (χ0v) is 13.3. The van der Waals surface area contributed by atoms with Gasteiger partial charge in [-0.3, -0.25) is 0 Å². The van der Waals surface area contributed by atoms with Crippen LogP contribution in [-0.2, 0) is 6.54 Å². The SMILES string of the molecule is c1cnc(-c2nc(CN[C@@H]3CCOc4ccccc43)cs2)nc1. The molecule has 0 saturated heterocycles. The second-order valence-corrected chi connectivity index (χ2v) is 6.18. The topological polar surface area (TPSA) is 59.9 Å². The van der Waals surface area contributed by atoms with Gasteiger partial charge in [-0.15, -0.1) is 11.3 Å². The van der Waals surface area contributed by atoms with Crippen molar-refractivity contribution in [2.75, 3.05) is 6.61 Å². The van der Waals surface area contributed by atoms with E-state index in [-0.39, 0.29) is 0 Å². The van der Waals surface area contributed by atoms with E-state index in [9.17, 15) is 0 Å². The largest absolute Gasteiger partial charge is 0.493 e. The molecule has 3 heterocycles. The van der Waals surface area contributed by atoms with Gasteiger partial charge in [0.25, 0.3) is 0 Å². The van der Waals surface area contributed by atoms with Crippen LogP contribution in [0.1, 0.15) is 23.7 Å². The Morgan fingerprint density at radius 1 is 1.17 bits per heavy atom. The smallest absolute Gasteiger partial charge is 0.188 e. The third kappa shape index (κ3) is 3.09. The van der Waals surface area contributed by atoms with Crippen LogP contribution in [0.4, 0.5) is 0 Å². The van der Waals surface area contributed by atoms with E-state index in [1.54, 1.807) is 23.7 Å². The summed E-state index contributed by atoms with van der Waals surface area (Å²) in [6.45, 7) is 1.47. The normalized spacial score (nSPS) is 16.6. The van der Waals surface area contributed by atoms with Crippen LogP contribution in [0.25, 0.3) is 10.8 Å². The molecule has 116 valence electrons. The molecular formula is C17H16N4OS. The number of para-hydroxylation sites is 1. The molecule has 1 aromatic carbocycles. The first-order chi connectivity index (χ1) is 11.4. The molecule has 1 aliphatic heterocycles. The maximum Gasteiger partial charge on any atom is 0.188 e. The first-order valence-electron chi connectivity index (χ1n) is 7.57. The molecule has 0 amide bonds. The number of aromatic nitrogens is 3. The van der Waals surface area contributed by atoms with Crippen LogP contribution in [0.3, 0.4) is 0 Å². The van der Waals surface area contributed by atoms with Gasteiger partial charge in [-0.25, -0.2) is 15.0 Å². The number of thiazole rings is 1. The van der Waals surface area contributed by atoms with E-state index in [2.05, 4.69) is 37.8 Å². The molecule has 4 rings (SSSR count). The number of rotatable bonds is 4. The van der Waals surface area contributed by atoms with Crippen molar-refractivity contribution >= 4 is 11.3 Å². The van der Waals surface area contributed by atoms with Crippen molar-refractivity contribution in [3.8, 4) is 16.6 Å². The predicted octanol–water partition coefficient (Wildman–Crippen LogP) is 3.21. The molecule has 0 bridgehead atoms. The summed E-state index contributed by atoms with van der Waals surface area (Å²) in [7, 11) is 0. The first kappa shape index (κ1) is 14.3. The number of nitrogens with one attached hydrogen (secondary N) is 1. The van der Waals surface area contributed by atoms with Crippen molar-refractivity contribution in [1.29, 1.82) is 0 Å². The van der Waals surface area contributed by atoms with Gasteiger partial charge in [-0.2, -0.15) is 0 Å². The fourth-order valence-corrected chi connectivity index (χ4v) is 3.45. The zero-order valence-electron chi connectivity index (χ0n) is 12.5. The molecule has 1 N–H and O–H groups in total. The lowest BCUT2D eigenvalue weighted by molar-refractivity contribution is 0.252. The average Bonchev–Trinajstić information content (AvgIpc) is 3.10. The van der Waals surface area contributed by atoms with Crippen molar-refractivity contribution in [3.05, 3.63) is 59.4 Å². The molecule has 1 atom stereocenters. The van der Waals surface area contributed by atoms with Gasteiger partial charge in [0, 0.05) is 42.3 Å². The molecule has 0 unspecified atom stereocenters. The molecule has 23 heavy (non-hydrogen) atoms. The van der Waals surface area contributed by atoms with Crippen LogP contribution in [-0.4, -0.2) is 21.6 Å². The number of hydrogen-bond acceptors (Lipinski definition) is 6. The zero-order chi connectivity index (χ0) is 15.5. The van der Waals surface area contributed by atoms with E-state index >= 15 is 0 Å². The summed E-state index contributed by atoms with van der Waals surface area (Å²) in [5, 5.41) is 6.50. The minimum absolute atomic E-state index is 0.304. The summed E-state index contributed by atoms with van der Waals surface area (Å²) in [6, 6.07) is 10.3. The lowest BCUT2D eigenvalue weighted by Gasteiger charge is -2.26. The molecule has 5 nitrogen and oxygen atoms in total. The van der Waals surface area contributed by atoms with Gasteiger partial charge >= 0.3 is 0 Å². The van der Waals surface area contributed by atoms with E-state index in [0.717, 1.165) is 36.0 Å². The van der Waals surface area contributed by atoms with Gasteiger partial charge in [0.2, 0.25) is 0 Å². The molecule has 0 radical (unpaired) electrons. The molecule has 2 aromatic heterocycles. The second-order valence-electron chi connectivity index (χ2n) is 5.32. The molecule has 1 aliphatic rings. The van der Waals surface area contributed by atoms with Crippen LogP contribution in [0.15, 0.2) is 48.1 Å². The molecular weight excluding hydrogens is 308 g/mol. The van der Waals surface area contributed by atoms with E-state index in [4.69, 9.17) is 4.74 Å². The minimum atomic E-state index is 0.304. The van der Waals surface area contributed by atoms with Crippen LogP contribution >= 0.6 is 11.3 Å². The summed E-state index contributed by atoms with van der Waals surface area (Å²) >= 11 is 1.57. The standard InChI is InChI=1S/C17H16N4OS/c1-2-5-15-13(4-1)14(6-9-22-15)20-10-12-11-23-17(21-12)16-18-7-3-8-19-16/h1-5,7-8,11,14,20H,6,9-10H2/t14-/m1/s1. The third-order valence-electron chi connectivity index (χ3n) is 3.80. The highest BCUT2D eigenvalue weighted by Crippen LogP contribution is 2.31. The summed E-state index contributed by atoms with van der Waals surface area (Å²) < 4.78 is 5.70. The summed E-state index contributed by atoms with van der Waals surface area (Å²) in [5.41, 5.74) is 2.24. The van der Waals surface area contributed by atoms with Crippen LogP contribution in [0, 0.1) is 0 Å². The van der Waals surface area contributed by atoms with Gasteiger partial charge in [0.05, 0.1) is 12.3 Å². The van der Waals surface area contributed by atoms with Gasteiger partial charge in [-0.05, 0) is 12.1 Å². The Morgan fingerprint density at radius 3 is 2.96 bits per heavy atom. The Kier molecular flexibility index (Phi) is 4.00. The van der Waals surface area contributed by atoms with E-state index in [0.29, 0.717) is 11.9 Å². The molecule has 0 spiro atoms. The number of ether oxygens (including phenoxy) is 1. The Morgan fingerprint density at radius 2 is 2.04 bits per heavy atom. The Bertz CT molecular complexity index is 790. The maximum atomic E-state index is 5.70. The van der Waals surface area contributed by atoms with E-state index < -0.39 is 0 Å². The summed E-state index contributed by atoms with van der Waals surface area (Å²) in [4.78, 5) is 13.1. The van der Waals surface area contributed by atoms with Crippen LogP contribution < -0.4 is 10.1 Å². The van der Waals surface area contributed by atoms with Gasteiger partial charge in [0.15, 0.2) is 10.8 Å². The fraction of sp³-hybridized carbons (Fsp3) is 0.235. The fourth-order valence-electron chi connectivity index (χ4n) is 2.68. The maximum absolute atomic E-state index is 5.70. The highest BCUT2D eigenvalue weighted by Gasteiger charge is 2.20. The lowest BCUT2D eigenvalue weighted by atomic mass is 10.0. The van der Waals surface area contributed by atoms with Crippen molar-refractivity contribution < 1.29 is 4.74 Å². The monoisotopic (exact) mass is 324 g/mol. The highest BCUT2D eigenvalue weighted by molar-refractivity contribution is 7.13. The predicted molar refractivity (Wildman–Crippen MR) is 89.3 cm³/mol. The van der Waals surface area contributed by atoms with Crippen LogP contribution in [0.5, 0.6) is 5.75 Å². The number of nitrogens with zero attached hydrogens (tertiary/aromatic N) is 3. The second kappa shape index (κ2) is 6.44. The molecule has 0 fully saturated rings. The van der Waals surface area contributed by atoms with E-state index in [1.807, 2.05) is 18.2 Å². The van der Waals surface area contributed by atoms with Gasteiger partial charge in [-0.1, -0.05) is 18.2 Å². The highest BCUT2D eigenvalue weighted by atomic mass is 32.1. The Balaban J connectivity index is 1.45. The van der Waals surface area contributed by atoms with Crippen molar-refractivity contribution in [2.45, 2.75) is 19.0 Å². The number of fused-ring (bicyclic) bond motifs is 1.